The first-order valence-corrected chi connectivity index (χ1v) is 18.5. The minimum atomic E-state index is -4.21. The third-order valence-electron chi connectivity index (χ3n) is 10.9. The molecule has 1 saturated heterocycles. The van der Waals surface area contributed by atoms with Crippen molar-refractivity contribution in [1.82, 2.24) is 9.03 Å². The minimum absolute atomic E-state index is 0.0960. The van der Waals surface area contributed by atoms with Gasteiger partial charge in [-0.1, -0.05) is 29.8 Å². The highest BCUT2D eigenvalue weighted by molar-refractivity contribution is 7.87. The molecule has 2 fully saturated rings. The lowest BCUT2D eigenvalue weighted by molar-refractivity contribution is 0.0455. The van der Waals surface area contributed by atoms with Crippen molar-refractivity contribution in [3.8, 4) is 5.75 Å². The first-order chi connectivity index (χ1) is 22.1. The van der Waals surface area contributed by atoms with Gasteiger partial charge in [-0.05, 0) is 112 Å². The van der Waals surface area contributed by atoms with E-state index in [4.69, 9.17) is 21.1 Å². The average Bonchev–Trinajstić information content (AvgIpc) is 3.47. The number of aliphatic hydroxyl groups excluding tert-OH is 1. The summed E-state index contributed by atoms with van der Waals surface area (Å²) in [7, 11) is -4.21. The van der Waals surface area contributed by atoms with Gasteiger partial charge in [0.2, 0.25) is 0 Å². The topological polar surface area (TPSA) is 108 Å². The van der Waals surface area contributed by atoms with Gasteiger partial charge in [-0.15, -0.1) is 0 Å². The Morgan fingerprint density at radius 1 is 1.13 bits per heavy atom. The fraction of sp³-hybridized carbons (Fsp3) is 0.571. The second-order valence-electron chi connectivity index (χ2n) is 13.9. The number of fused-ring (bicyclic) bond motifs is 4. The fourth-order valence-electron chi connectivity index (χ4n) is 8.22. The zero-order valence-electron chi connectivity index (χ0n) is 26.4. The number of hydrogen-bond donors (Lipinski definition) is 2. The van der Waals surface area contributed by atoms with Crippen LogP contribution in [0.5, 0.6) is 5.75 Å². The number of hydrogen-bond acceptors (Lipinski definition) is 7. The molecule has 1 saturated carbocycles. The summed E-state index contributed by atoms with van der Waals surface area (Å²) in [5, 5.41) is 12.0. The summed E-state index contributed by atoms with van der Waals surface area (Å²) in [6.07, 6.45) is 9.79. The number of carbonyl (C=O) groups is 1. The molecule has 0 aromatic heterocycles. The van der Waals surface area contributed by atoms with Gasteiger partial charge in [0.1, 0.15) is 5.75 Å². The smallest absolute Gasteiger partial charge is 0.304 e. The molecule has 2 aromatic carbocycles. The molecule has 7 rings (SSSR count). The molecule has 2 aromatic rings. The highest BCUT2D eigenvalue weighted by Gasteiger charge is 2.44. The Hall–Kier alpha value is -2.63. The summed E-state index contributed by atoms with van der Waals surface area (Å²) >= 11 is 6.41. The molecule has 1 spiro atoms. The van der Waals surface area contributed by atoms with Gasteiger partial charge in [-0.3, -0.25) is 4.79 Å². The summed E-state index contributed by atoms with van der Waals surface area (Å²) in [6, 6.07) is 10.9. The molecule has 3 heterocycles. The molecule has 0 unspecified atom stereocenters. The first kappa shape index (κ1) is 31.9. The van der Waals surface area contributed by atoms with Crippen LogP contribution in [0.3, 0.4) is 0 Å². The minimum Gasteiger partial charge on any atom is -0.490 e. The molecule has 9 nitrogen and oxygen atoms in total. The second kappa shape index (κ2) is 12.8. The number of ether oxygens (including phenoxy) is 2. The summed E-state index contributed by atoms with van der Waals surface area (Å²) < 4.78 is 43.6. The van der Waals surface area contributed by atoms with Crippen molar-refractivity contribution >= 4 is 33.4 Å². The number of amides is 1. The molecule has 11 heteroatoms. The quantitative estimate of drug-likeness (QED) is 0.433. The highest BCUT2D eigenvalue weighted by atomic mass is 35.5. The van der Waals surface area contributed by atoms with Crippen LogP contribution in [0.15, 0.2) is 48.6 Å². The van der Waals surface area contributed by atoms with Gasteiger partial charge in [0, 0.05) is 48.3 Å². The predicted octanol–water partition coefficient (Wildman–Crippen LogP) is 5.00. The summed E-state index contributed by atoms with van der Waals surface area (Å²) in [4.78, 5) is 16.0. The standard InChI is InChI=1S/C35H44ClN3O6S/c1-23-5-2-8-32(40)29-12-9-26(29)19-38-21-35(15-3-6-24-17-27(36)11-13-30(24)35)22-45-33-14-10-25(18-31(33)38)34(41)37-46(42,43)39(23)20-28-7-4-16-44-28/h2,8,10-11,13-14,17-18,23,26,28-29,32,40H,3-7,9,12,15-16,19-22H2,1H3,(H,37,41)/b8-2+/t23-,26-,28-,29+,32-,35-/m0/s1. The van der Waals surface area contributed by atoms with E-state index in [0.717, 1.165) is 55.7 Å². The molecule has 3 aliphatic heterocycles. The predicted molar refractivity (Wildman–Crippen MR) is 178 cm³/mol. The van der Waals surface area contributed by atoms with E-state index >= 15 is 0 Å². The number of carbonyl (C=O) groups excluding carboxylic acids is 1. The lowest BCUT2D eigenvalue weighted by Gasteiger charge is -2.45. The van der Waals surface area contributed by atoms with Gasteiger partial charge in [0.05, 0.1) is 24.5 Å². The van der Waals surface area contributed by atoms with Crippen molar-refractivity contribution in [2.45, 2.75) is 82.0 Å². The Labute approximate surface area is 277 Å². The lowest BCUT2D eigenvalue weighted by atomic mass is 9.68. The molecule has 2 bridgehead atoms. The van der Waals surface area contributed by atoms with Crippen LogP contribution < -0.4 is 14.4 Å². The largest absolute Gasteiger partial charge is 0.490 e. The molecule has 46 heavy (non-hydrogen) atoms. The SMILES string of the molecule is C[C@H]1C/C=C/[C@H](O)[C@@H]2CC[C@H]2CN2C[C@@]3(CCCc4cc(Cl)ccc43)COc3ccc(cc32)C(=O)NS(=O)(=O)N1C[C@@H]1CCCO1. The van der Waals surface area contributed by atoms with Crippen LogP contribution in [0.25, 0.3) is 0 Å². The Kier molecular flexibility index (Phi) is 8.86. The Morgan fingerprint density at radius 2 is 2.00 bits per heavy atom. The normalized spacial score (nSPS) is 33.6. The van der Waals surface area contributed by atoms with Gasteiger partial charge in [-0.25, -0.2) is 4.72 Å². The van der Waals surface area contributed by atoms with E-state index in [9.17, 15) is 18.3 Å². The van der Waals surface area contributed by atoms with Crippen molar-refractivity contribution in [3.63, 3.8) is 0 Å². The maximum Gasteiger partial charge on any atom is 0.304 e. The maximum atomic E-state index is 13.8. The molecule has 248 valence electrons. The van der Waals surface area contributed by atoms with E-state index in [-0.39, 0.29) is 35.5 Å². The van der Waals surface area contributed by atoms with E-state index in [1.807, 2.05) is 25.1 Å². The number of rotatable bonds is 2. The van der Waals surface area contributed by atoms with Crippen LogP contribution >= 0.6 is 11.6 Å². The average molecular weight is 670 g/mol. The number of nitrogens with one attached hydrogen (secondary N) is 1. The Morgan fingerprint density at radius 3 is 2.78 bits per heavy atom. The van der Waals surface area contributed by atoms with Crippen LogP contribution in [0.2, 0.25) is 5.02 Å². The maximum absolute atomic E-state index is 13.8. The second-order valence-corrected chi connectivity index (χ2v) is 16.0. The third-order valence-corrected chi connectivity index (χ3v) is 12.7. The Balaban J connectivity index is 1.27. The van der Waals surface area contributed by atoms with E-state index in [1.54, 1.807) is 18.2 Å². The zero-order valence-corrected chi connectivity index (χ0v) is 27.9. The van der Waals surface area contributed by atoms with Gasteiger partial charge in [0.15, 0.2) is 0 Å². The van der Waals surface area contributed by atoms with Gasteiger partial charge >= 0.3 is 10.2 Å². The monoisotopic (exact) mass is 669 g/mol. The van der Waals surface area contributed by atoms with Crippen LogP contribution in [-0.4, -0.2) is 74.8 Å². The third kappa shape index (κ3) is 6.19. The van der Waals surface area contributed by atoms with Crippen molar-refractivity contribution < 1.29 is 27.8 Å². The van der Waals surface area contributed by atoms with E-state index in [1.165, 1.54) is 15.4 Å². The van der Waals surface area contributed by atoms with E-state index in [0.29, 0.717) is 38.5 Å². The number of benzene rings is 2. The number of anilines is 1. The summed E-state index contributed by atoms with van der Waals surface area (Å²) in [6.45, 7) is 4.45. The van der Waals surface area contributed by atoms with Crippen LogP contribution in [0, 0.1) is 11.8 Å². The molecular weight excluding hydrogens is 626 g/mol. The number of halogens is 1. The molecular formula is C35H44ClN3O6S. The molecule has 2 N–H and O–H groups in total. The van der Waals surface area contributed by atoms with Crippen molar-refractivity contribution in [2.75, 3.05) is 37.7 Å². The lowest BCUT2D eigenvalue weighted by Crippen LogP contribution is -2.50. The number of nitrogens with zero attached hydrogens (tertiary/aromatic N) is 2. The summed E-state index contributed by atoms with van der Waals surface area (Å²) in [5.74, 6) is 0.348. The van der Waals surface area contributed by atoms with Gasteiger partial charge < -0.3 is 19.5 Å². The molecule has 2 aliphatic carbocycles. The van der Waals surface area contributed by atoms with E-state index in [2.05, 4.69) is 21.8 Å². The number of aryl methyl sites for hydroxylation is 1. The van der Waals surface area contributed by atoms with Gasteiger partial charge in [-0.2, -0.15) is 12.7 Å². The van der Waals surface area contributed by atoms with Crippen LogP contribution in [0.1, 0.15) is 73.4 Å². The Bertz CT molecular complexity index is 1610. The van der Waals surface area contributed by atoms with E-state index < -0.39 is 28.3 Å². The molecule has 1 amide bonds. The zero-order chi connectivity index (χ0) is 32.1. The molecule has 0 radical (unpaired) electrons. The van der Waals surface area contributed by atoms with Gasteiger partial charge in [0.25, 0.3) is 5.91 Å². The highest BCUT2D eigenvalue weighted by Crippen LogP contribution is 2.46. The summed E-state index contributed by atoms with van der Waals surface area (Å²) in [5.41, 5.74) is 3.25. The van der Waals surface area contributed by atoms with Crippen molar-refractivity contribution in [1.29, 1.82) is 0 Å². The van der Waals surface area contributed by atoms with Crippen molar-refractivity contribution in [2.24, 2.45) is 11.8 Å². The molecule has 6 atom stereocenters. The number of aliphatic hydroxyl groups is 1. The first-order valence-electron chi connectivity index (χ1n) is 16.7. The fourth-order valence-corrected chi connectivity index (χ4v) is 9.81. The molecule has 5 aliphatic rings. The van der Waals surface area contributed by atoms with Crippen LogP contribution in [-0.2, 0) is 26.8 Å². The van der Waals surface area contributed by atoms with Crippen LogP contribution in [0.4, 0.5) is 5.69 Å². The van der Waals surface area contributed by atoms with Crippen molar-refractivity contribution in [3.05, 3.63) is 70.3 Å².